The molecule has 1 aliphatic heterocycles. The minimum atomic E-state index is -0.498. The molecule has 0 aromatic carbocycles. The molecule has 0 N–H and O–H groups in total. The number of carbonyl (C=O) groups is 2. The van der Waals surface area contributed by atoms with Gasteiger partial charge >= 0.3 is 6.09 Å². The number of halogens is 1. The third-order valence-corrected chi connectivity index (χ3v) is 3.74. The summed E-state index contributed by atoms with van der Waals surface area (Å²) in [6, 6.07) is 1.63. The van der Waals surface area contributed by atoms with Gasteiger partial charge in [-0.2, -0.15) is 0 Å². The molecule has 1 aromatic heterocycles. The fourth-order valence-electron chi connectivity index (χ4n) is 2.28. The fourth-order valence-corrected chi connectivity index (χ4v) is 2.57. The van der Waals surface area contributed by atoms with Crippen LogP contribution < -0.4 is 4.90 Å². The molecule has 7 heteroatoms. The Kier molecular flexibility index (Phi) is 5.14. The van der Waals surface area contributed by atoms with E-state index in [2.05, 4.69) is 4.98 Å². The molecule has 0 atom stereocenters. The number of aromatic nitrogens is 1. The molecular weight excluding hydrogens is 318 g/mol. The Morgan fingerprint density at radius 1 is 1.22 bits per heavy atom. The van der Waals surface area contributed by atoms with Crippen molar-refractivity contribution in [2.75, 3.05) is 31.1 Å². The van der Waals surface area contributed by atoms with E-state index >= 15 is 0 Å². The zero-order chi connectivity index (χ0) is 17.2. The first-order chi connectivity index (χ1) is 10.7. The van der Waals surface area contributed by atoms with Crippen molar-refractivity contribution in [3.8, 4) is 0 Å². The van der Waals surface area contributed by atoms with Crippen molar-refractivity contribution < 1.29 is 14.3 Å². The number of piperazine rings is 1. The maximum absolute atomic E-state index is 12.0. The number of pyridine rings is 1. The predicted molar refractivity (Wildman–Crippen MR) is 89.3 cm³/mol. The second-order valence-electron chi connectivity index (χ2n) is 6.54. The fraction of sp³-hybridized carbons (Fsp3) is 0.562. The highest BCUT2D eigenvalue weighted by Gasteiger charge is 2.27. The molecule has 1 aromatic rings. The molecule has 2 rings (SSSR count). The number of nitrogens with zero attached hydrogens (tertiary/aromatic N) is 3. The molecule has 2 heterocycles. The van der Waals surface area contributed by atoms with Gasteiger partial charge in [0, 0.05) is 37.9 Å². The number of ether oxygens (including phenoxy) is 1. The van der Waals surface area contributed by atoms with Crippen molar-refractivity contribution in [2.24, 2.45) is 0 Å². The third kappa shape index (κ3) is 4.58. The van der Waals surface area contributed by atoms with Crippen molar-refractivity contribution in [2.45, 2.75) is 33.3 Å². The molecule has 23 heavy (non-hydrogen) atoms. The first kappa shape index (κ1) is 17.5. The summed E-state index contributed by atoms with van der Waals surface area (Å²) >= 11 is 6.23. The highest BCUT2D eigenvalue weighted by atomic mass is 35.5. The lowest BCUT2D eigenvalue weighted by Gasteiger charge is -2.36. The van der Waals surface area contributed by atoms with Gasteiger partial charge in [-0.1, -0.05) is 11.6 Å². The van der Waals surface area contributed by atoms with Gasteiger partial charge in [-0.05, 0) is 33.8 Å². The quantitative estimate of drug-likeness (QED) is 0.775. The largest absolute Gasteiger partial charge is 0.444 e. The normalized spacial score (nSPS) is 15.5. The van der Waals surface area contributed by atoms with Crippen molar-refractivity contribution in [1.29, 1.82) is 0 Å². The van der Waals surface area contributed by atoms with Crippen molar-refractivity contribution >= 4 is 29.3 Å². The van der Waals surface area contributed by atoms with E-state index < -0.39 is 5.60 Å². The maximum atomic E-state index is 12.0. The molecule has 0 aliphatic carbocycles. The maximum Gasteiger partial charge on any atom is 0.410 e. The van der Waals surface area contributed by atoms with Crippen LogP contribution in [0, 0.1) is 0 Å². The number of amides is 1. The van der Waals surface area contributed by atoms with Crippen LogP contribution in [-0.2, 0) is 4.74 Å². The van der Waals surface area contributed by atoms with Crippen LogP contribution in [0.3, 0.4) is 0 Å². The smallest absolute Gasteiger partial charge is 0.410 e. The zero-order valence-electron chi connectivity index (χ0n) is 13.9. The number of anilines is 1. The van der Waals surface area contributed by atoms with Gasteiger partial charge in [0.15, 0.2) is 5.78 Å². The van der Waals surface area contributed by atoms with E-state index in [0.717, 1.165) is 0 Å². The van der Waals surface area contributed by atoms with Crippen molar-refractivity contribution in [3.05, 3.63) is 22.8 Å². The van der Waals surface area contributed by atoms with Gasteiger partial charge in [0.2, 0.25) is 0 Å². The molecule has 1 saturated heterocycles. The van der Waals surface area contributed by atoms with Gasteiger partial charge in [0.25, 0.3) is 0 Å². The van der Waals surface area contributed by atoms with Crippen LogP contribution in [0.5, 0.6) is 0 Å². The van der Waals surface area contributed by atoms with Crippen LogP contribution >= 0.6 is 11.6 Å². The predicted octanol–water partition coefficient (Wildman–Crippen LogP) is 2.99. The van der Waals surface area contributed by atoms with E-state index in [4.69, 9.17) is 16.3 Å². The van der Waals surface area contributed by atoms with Gasteiger partial charge in [0.1, 0.15) is 11.4 Å². The first-order valence-electron chi connectivity index (χ1n) is 7.57. The Morgan fingerprint density at radius 2 is 1.83 bits per heavy atom. The van der Waals surface area contributed by atoms with Crippen LogP contribution in [-0.4, -0.2) is 53.5 Å². The van der Waals surface area contributed by atoms with Gasteiger partial charge < -0.3 is 14.5 Å². The number of hydrogen-bond acceptors (Lipinski definition) is 5. The molecule has 0 bridgehead atoms. The van der Waals surface area contributed by atoms with Crippen LogP contribution in [0.4, 0.5) is 10.6 Å². The summed E-state index contributed by atoms with van der Waals surface area (Å²) in [4.78, 5) is 31.4. The van der Waals surface area contributed by atoms with Crippen LogP contribution in [0.15, 0.2) is 12.3 Å². The average Bonchev–Trinajstić information content (AvgIpc) is 2.45. The van der Waals surface area contributed by atoms with Crippen molar-refractivity contribution in [3.63, 3.8) is 0 Å². The van der Waals surface area contributed by atoms with Crippen LogP contribution in [0.1, 0.15) is 38.1 Å². The molecule has 1 aliphatic rings. The zero-order valence-corrected chi connectivity index (χ0v) is 14.7. The number of ketones is 1. The minimum Gasteiger partial charge on any atom is -0.444 e. The van der Waals surface area contributed by atoms with Gasteiger partial charge in [-0.15, -0.1) is 0 Å². The highest BCUT2D eigenvalue weighted by molar-refractivity contribution is 6.33. The molecule has 0 saturated carbocycles. The highest BCUT2D eigenvalue weighted by Crippen LogP contribution is 2.25. The van der Waals surface area contributed by atoms with E-state index in [0.29, 0.717) is 42.6 Å². The third-order valence-electron chi connectivity index (χ3n) is 3.46. The first-order valence-corrected chi connectivity index (χ1v) is 7.94. The Morgan fingerprint density at radius 3 is 2.30 bits per heavy atom. The molecule has 6 nitrogen and oxygen atoms in total. The van der Waals surface area contributed by atoms with E-state index in [1.165, 1.54) is 13.1 Å². The number of rotatable bonds is 2. The van der Waals surface area contributed by atoms with E-state index in [1.807, 2.05) is 25.7 Å². The summed E-state index contributed by atoms with van der Waals surface area (Å²) < 4.78 is 5.37. The standard InChI is InChI=1S/C16H22ClN3O3/c1-11(21)12-9-13(17)14(18-10-12)19-5-7-20(8-6-19)15(22)23-16(2,3)4/h9-10H,5-8H2,1-4H3. The summed E-state index contributed by atoms with van der Waals surface area (Å²) in [5.41, 5.74) is -0.00661. The number of carbonyl (C=O) groups excluding carboxylic acids is 2. The molecular formula is C16H22ClN3O3. The average molecular weight is 340 g/mol. The molecule has 126 valence electrons. The monoisotopic (exact) mass is 339 g/mol. The van der Waals surface area contributed by atoms with Crippen LogP contribution in [0.25, 0.3) is 0 Å². The lowest BCUT2D eigenvalue weighted by atomic mass is 10.2. The number of hydrogen-bond donors (Lipinski definition) is 0. The summed E-state index contributed by atoms with van der Waals surface area (Å²) in [6.07, 6.45) is 1.23. The second-order valence-corrected chi connectivity index (χ2v) is 6.95. The summed E-state index contributed by atoms with van der Waals surface area (Å²) in [5.74, 6) is 0.571. The van der Waals surface area contributed by atoms with Crippen molar-refractivity contribution in [1.82, 2.24) is 9.88 Å². The summed E-state index contributed by atoms with van der Waals surface area (Å²) in [5, 5.41) is 0.448. The Labute approximate surface area is 141 Å². The molecule has 0 spiro atoms. The summed E-state index contributed by atoms with van der Waals surface area (Å²) in [7, 11) is 0. The summed E-state index contributed by atoms with van der Waals surface area (Å²) in [6.45, 7) is 9.34. The molecule has 1 amide bonds. The van der Waals surface area contributed by atoms with Crippen LogP contribution in [0.2, 0.25) is 5.02 Å². The van der Waals surface area contributed by atoms with Gasteiger partial charge in [-0.25, -0.2) is 9.78 Å². The van der Waals surface area contributed by atoms with E-state index in [-0.39, 0.29) is 11.9 Å². The minimum absolute atomic E-state index is 0.0688. The van der Waals surface area contributed by atoms with Gasteiger partial charge in [0.05, 0.1) is 5.02 Å². The SMILES string of the molecule is CC(=O)c1cnc(N2CCN(C(=O)OC(C)(C)C)CC2)c(Cl)c1. The lowest BCUT2D eigenvalue weighted by molar-refractivity contribution is 0.0240. The Balaban J connectivity index is 1.99. The Hall–Kier alpha value is -1.82. The molecule has 0 unspecified atom stereocenters. The molecule has 1 fully saturated rings. The number of Topliss-reactive ketones (excluding diaryl/α,β-unsaturated/α-hetero) is 1. The Bertz CT molecular complexity index is 605. The molecule has 0 radical (unpaired) electrons. The second kappa shape index (κ2) is 6.74. The lowest BCUT2D eigenvalue weighted by Crippen LogP contribution is -2.50. The van der Waals surface area contributed by atoms with Gasteiger partial charge in [-0.3, -0.25) is 4.79 Å². The topological polar surface area (TPSA) is 62.7 Å². The van der Waals surface area contributed by atoms with E-state index in [9.17, 15) is 9.59 Å². The van der Waals surface area contributed by atoms with E-state index in [1.54, 1.807) is 11.0 Å².